The van der Waals surface area contributed by atoms with E-state index in [1.807, 2.05) is 0 Å². The third-order valence-electron chi connectivity index (χ3n) is 3.17. The van der Waals surface area contributed by atoms with Crippen molar-refractivity contribution in [2.45, 2.75) is 25.4 Å². The van der Waals surface area contributed by atoms with Crippen molar-refractivity contribution in [2.24, 2.45) is 5.92 Å². The second-order valence-corrected chi connectivity index (χ2v) is 4.07. The van der Waals surface area contributed by atoms with E-state index in [2.05, 4.69) is 24.3 Å². The Morgan fingerprint density at radius 1 is 1.36 bits per heavy atom. The van der Waals surface area contributed by atoms with Gasteiger partial charge < -0.3 is 4.74 Å². The van der Waals surface area contributed by atoms with Crippen molar-refractivity contribution >= 4 is 5.97 Å². The molecule has 0 spiro atoms. The third-order valence-corrected chi connectivity index (χ3v) is 3.17. The van der Waals surface area contributed by atoms with Crippen molar-refractivity contribution in [1.29, 1.82) is 0 Å². The number of carbonyl (C=O) groups is 1. The summed E-state index contributed by atoms with van der Waals surface area (Å²) in [5.41, 5.74) is 2.49. The molecule has 0 N–H and O–H groups in total. The van der Waals surface area contributed by atoms with Crippen LogP contribution in [0.5, 0.6) is 0 Å². The first-order valence-electron chi connectivity index (χ1n) is 5.11. The largest absolute Gasteiger partial charge is 0.457 e. The van der Waals surface area contributed by atoms with Crippen LogP contribution in [-0.4, -0.2) is 12.1 Å². The molecule has 2 unspecified atom stereocenters. The number of hydrogen-bond acceptors (Lipinski definition) is 2. The van der Waals surface area contributed by atoms with Crippen molar-refractivity contribution < 1.29 is 9.53 Å². The highest BCUT2D eigenvalue weighted by Gasteiger charge is 2.39. The van der Waals surface area contributed by atoms with Crippen LogP contribution in [0.15, 0.2) is 35.5 Å². The van der Waals surface area contributed by atoms with Crippen LogP contribution in [0, 0.1) is 5.92 Å². The number of fused-ring (bicyclic) bond motifs is 3. The molecule has 0 aromatic heterocycles. The minimum Gasteiger partial charge on any atom is -0.457 e. The van der Waals surface area contributed by atoms with Crippen molar-refractivity contribution in [3.8, 4) is 0 Å². The molecule has 72 valence electrons. The van der Waals surface area contributed by atoms with Gasteiger partial charge in [0.05, 0.1) is 6.42 Å². The summed E-state index contributed by atoms with van der Waals surface area (Å²) in [7, 11) is 0. The predicted octanol–water partition coefficient (Wildman–Crippen LogP) is 2.13. The normalized spacial score (nSPS) is 34.1. The summed E-state index contributed by atoms with van der Waals surface area (Å²) in [6.07, 6.45) is 11.3. The molecule has 2 aliphatic carbocycles. The Kier molecular flexibility index (Phi) is 1.63. The van der Waals surface area contributed by atoms with Gasteiger partial charge in [-0.15, -0.1) is 0 Å². The standard InChI is InChI=1S/C12H12O2/c13-11-7-9-6-5-8-3-1-2-4-10(8)12(9)14-11/h1,3-5,9,12H,2,6-7H2. The van der Waals surface area contributed by atoms with Crippen LogP contribution >= 0.6 is 0 Å². The number of esters is 1. The molecule has 2 nitrogen and oxygen atoms in total. The van der Waals surface area contributed by atoms with Gasteiger partial charge in [0.2, 0.25) is 0 Å². The van der Waals surface area contributed by atoms with Crippen LogP contribution in [0.2, 0.25) is 0 Å². The number of allylic oxidation sites excluding steroid dienone is 4. The molecule has 3 aliphatic rings. The minimum atomic E-state index is -0.0369. The summed E-state index contributed by atoms with van der Waals surface area (Å²) >= 11 is 0. The molecule has 1 saturated heterocycles. The molecule has 0 amide bonds. The SMILES string of the molecule is O=C1CC2CC=C3C=CCC=C3C2O1. The van der Waals surface area contributed by atoms with E-state index in [0.717, 1.165) is 12.8 Å². The zero-order valence-electron chi connectivity index (χ0n) is 7.90. The second kappa shape index (κ2) is 2.84. The van der Waals surface area contributed by atoms with Gasteiger partial charge in [-0.25, -0.2) is 0 Å². The Morgan fingerprint density at radius 2 is 2.29 bits per heavy atom. The first-order chi connectivity index (χ1) is 6.84. The van der Waals surface area contributed by atoms with E-state index in [1.54, 1.807) is 0 Å². The highest BCUT2D eigenvalue weighted by molar-refractivity contribution is 5.74. The van der Waals surface area contributed by atoms with Crippen LogP contribution in [0.25, 0.3) is 0 Å². The summed E-state index contributed by atoms with van der Waals surface area (Å²) in [4.78, 5) is 11.2. The van der Waals surface area contributed by atoms with Gasteiger partial charge in [-0.05, 0) is 24.0 Å². The lowest BCUT2D eigenvalue weighted by atomic mass is 9.80. The monoisotopic (exact) mass is 188 g/mol. The van der Waals surface area contributed by atoms with Crippen LogP contribution in [0.1, 0.15) is 19.3 Å². The smallest absolute Gasteiger partial charge is 0.306 e. The molecule has 1 heterocycles. The fourth-order valence-corrected chi connectivity index (χ4v) is 2.48. The fourth-order valence-electron chi connectivity index (χ4n) is 2.48. The van der Waals surface area contributed by atoms with E-state index in [9.17, 15) is 4.79 Å². The number of carbonyl (C=O) groups excluding carboxylic acids is 1. The minimum absolute atomic E-state index is 0.0369. The second-order valence-electron chi connectivity index (χ2n) is 4.07. The Balaban J connectivity index is 1.99. The fraction of sp³-hybridized carbons (Fsp3) is 0.417. The molecule has 0 radical (unpaired) electrons. The molecule has 2 heteroatoms. The zero-order valence-corrected chi connectivity index (χ0v) is 7.90. The van der Waals surface area contributed by atoms with Gasteiger partial charge >= 0.3 is 5.97 Å². The van der Waals surface area contributed by atoms with E-state index < -0.39 is 0 Å². The molecular formula is C12H12O2. The topological polar surface area (TPSA) is 26.3 Å². The predicted molar refractivity (Wildman–Crippen MR) is 52.5 cm³/mol. The maximum Gasteiger partial charge on any atom is 0.306 e. The van der Waals surface area contributed by atoms with Gasteiger partial charge in [-0.3, -0.25) is 4.79 Å². The third kappa shape index (κ3) is 1.07. The first kappa shape index (κ1) is 8.04. The summed E-state index contributed by atoms with van der Waals surface area (Å²) in [5, 5.41) is 0. The average Bonchev–Trinajstić information content (AvgIpc) is 2.59. The zero-order chi connectivity index (χ0) is 9.54. The molecule has 3 rings (SSSR count). The van der Waals surface area contributed by atoms with Gasteiger partial charge in [0, 0.05) is 5.92 Å². The molecule has 2 atom stereocenters. The molecule has 0 aromatic rings. The summed E-state index contributed by atoms with van der Waals surface area (Å²) in [6.45, 7) is 0. The summed E-state index contributed by atoms with van der Waals surface area (Å²) in [6, 6.07) is 0. The van der Waals surface area contributed by atoms with Crippen LogP contribution in [-0.2, 0) is 9.53 Å². The lowest BCUT2D eigenvalue weighted by molar-refractivity contribution is -0.140. The summed E-state index contributed by atoms with van der Waals surface area (Å²) < 4.78 is 5.35. The molecule has 0 saturated carbocycles. The van der Waals surface area contributed by atoms with E-state index in [0.29, 0.717) is 12.3 Å². The lowest BCUT2D eigenvalue weighted by Gasteiger charge is -2.27. The molecule has 1 fully saturated rings. The van der Waals surface area contributed by atoms with Crippen molar-refractivity contribution in [3.05, 3.63) is 35.5 Å². The van der Waals surface area contributed by atoms with E-state index >= 15 is 0 Å². The lowest BCUT2D eigenvalue weighted by Crippen LogP contribution is -2.23. The Morgan fingerprint density at radius 3 is 3.21 bits per heavy atom. The quantitative estimate of drug-likeness (QED) is 0.544. The highest BCUT2D eigenvalue weighted by atomic mass is 16.5. The molecule has 1 aliphatic heterocycles. The van der Waals surface area contributed by atoms with E-state index in [1.165, 1.54) is 11.1 Å². The van der Waals surface area contributed by atoms with Gasteiger partial charge in [0.15, 0.2) is 0 Å². The Bertz CT molecular complexity index is 374. The molecule has 0 aromatic carbocycles. The van der Waals surface area contributed by atoms with E-state index in [4.69, 9.17) is 4.74 Å². The first-order valence-corrected chi connectivity index (χ1v) is 5.11. The van der Waals surface area contributed by atoms with Crippen LogP contribution in [0.4, 0.5) is 0 Å². The van der Waals surface area contributed by atoms with Gasteiger partial charge in [0.1, 0.15) is 6.10 Å². The van der Waals surface area contributed by atoms with Crippen molar-refractivity contribution in [1.82, 2.24) is 0 Å². The highest BCUT2D eigenvalue weighted by Crippen LogP contribution is 2.39. The maximum atomic E-state index is 11.2. The van der Waals surface area contributed by atoms with Crippen LogP contribution < -0.4 is 0 Å². The summed E-state index contributed by atoms with van der Waals surface area (Å²) in [5.74, 6) is 0.356. The number of hydrogen-bond donors (Lipinski definition) is 0. The van der Waals surface area contributed by atoms with E-state index in [-0.39, 0.29) is 12.1 Å². The van der Waals surface area contributed by atoms with Crippen molar-refractivity contribution in [2.75, 3.05) is 0 Å². The Labute approximate surface area is 82.9 Å². The number of rotatable bonds is 0. The Hall–Kier alpha value is -1.31. The average molecular weight is 188 g/mol. The van der Waals surface area contributed by atoms with Crippen molar-refractivity contribution in [3.63, 3.8) is 0 Å². The van der Waals surface area contributed by atoms with Gasteiger partial charge in [0.25, 0.3) is 0 Å². The van der Waals surface area contributed by atoms with Gasteiger partial charge in [-0.2, -0.15) is 0 Å². The van der Waals surface area contributed by atoms with Crippen LogP contribution in [0.3, 0.4) is 0 Å². The molecule has 0 bridgehead atoms. The maximum absolute atomic E-state index is 11.2. The molecular weight excluding hydrogens is 176 g/mol. The number of ether oxygens (including phenoxy) is 1. The van der Waals surface area contributed by atoms with Gasteiger partial charge in [-0.1, -0.05) is 24.3 Å². The molecule has 14 heavy (non-hydrogen) atoms.